The van der Waals surface area contributed by atoms with E-state index < -0.39 is 0 Å². The lowest BCUT2D eigenvalue weighted by molar-refractivity contribution is -0.123. The number of hydrogen-bond donors (Lipinski definition) is 1. The Morgan fingerprint density at radius 2 is 1.70 bits per heavy atom. The molecular formula is C19H16N2O2. The Labute approximate surface area is 134 Å². The predicted octanol–water partition coefficient (Wildman–Crippen LogP) is 3.37. The van der Waals surface area contributed by atoms with Gasteiger partial charge in [-0.1, -0.05) is 60.7 Å². The number of hydrazone groups is 1. The van der Waals surface area contributed by atoms with Crippen molar-refractivity contribution in [2.45, 2.75) is 0 Å². The smallest absolute Gasteiger partial charge is 0.277 e. The van der Waals surface area contributed by atoms with Crippen LogP contribution in [-0.4, -0.2) is 18.7 Å². The van der Waals surface area contributed by atoms with Crippen LogP contribution in [0.5, 0.6) is 5.75 Å². The van der Waals surface area contributed by atoms with E-state index in [9.17, 15) is 4.79 Å². The molecule has 0 saturated carbocycles. The summed E-state index contributed by atoms with van der Waals surface area (Å²) in [4.78, 5) is 11.7. The molecule has 0 spiro atoms. The van der Waals surface area contributed by atoms with Crippen molar-refractivity contribution in [3.63, 3.8) is 0 Å². The minimum Gasteiger partial charge on any atom is -0.484 e. The van der Waals surface area contributed by atoms with E-state index in [0.717, 1.165) is 16.3 Å². The summed E-state index contributed by atoms with van der Waals surface area (Å²) >= 11 is 0. The van der Waals surface area contributed by atoms with Gasteiger partial charge in [-0.25, -0.2) is 5.43 Å². The van der Waals surface area contributed by atoms with Crippen molar-refractivity contribution in [3.05, 3.63) is 78.4 Å². The van der Waals surface area contributed by atoms with Crippen LogP contribution in [0.2, 0.25) is 0 Å². The van der Waals surface area contributed by atoms with Gasteiger partial charge in [-0.3, -0.25) is 4.79 Å². The lowest BCUT2D eigenvalue weighted by Gasteiger charge is -2.06. The first-order valence-electron chi connectivity index (χ1n) is 7.30. The van der Waals surface area contributed by atoms with Crippen LogP contribution in [0.1, 0.15) is 5.56 Å². The number of ether oxygens (including phenoxy) is 1. The third-order valence-electron chi connectivity index (χ3n) is 3.29. The average Bonchev–Trinajstić information content (AvgIpc) is 2.61. The summed E-state index contributed by atoms with van der Waals surface area (Å²) in [7, 11) is 0. The fourth-order valence-corrected chi connectivity index (χ4v) is 2.16. The number of benzene rings is 3. The highest BCUT2D eigenvalue weighted by molar-refractivity contribution is 5.84. The second kappa shape index (κ2) is 7.22. The molecule has 0 saturated heterocycles. The van der Waals surface area contributed by atoms with E-state index in [2.05, 4.69) is 10.5 Å². The molecule has 0 unspecified atom stereocenters. The highest BCUT2D eigenvalue weighted by Crippen LogP contribution is 2.20. The van der Waals surface area contributed by atoms with Gasteiger partial charge >= 0.3 is 0 Å². The molecule has 3 aromatic rings. The van der Waals surface area contributed by atoms with E-state index in [0.29, 0.717) is 5.75 Å². The Morgan fingerprint density at radius 1 is 0.957 bits per heavy atom. The molecule has 0 aliphatic carbocycles. The number of hydrogen-bond acceptors (Lipinski definition) is 3. The van der Waals surface area contributed by atoms with Crippen LogP contribution in [0.4, 0.5) is 0 Å². The molecule has 0 heterocycles. The zero-order valence-electron chi connectivity index (χ0n) is 12.5. The molecule has 0 aliphatic heterocycles. The SMILES string of the molecule is O=C(COc1ccc2ccccc2c1)N/N=C\c1ccccc1. The fourth-order valence-electron chi connectivity index (χ4n) is 2.16. The van der Waals surface area contributed by atoms with E-state index >= 15 is 0 Å². The van der Waals surface area contributed by atoms with Crippen LogP contribution in [0.3, 0.4) is 0 Å². The van der Waals surface area contributed by atoms with E-state index in [-0.39, 0.29) is 12.5 Å². The number of nitrogens with one attached hydrogen (secondary N) is 1. The van der Waals surface area contributed by atoms with Gasteiger partial charge in [0.25, 0.3) is 5.91 Å². The number of rotatable bonds is 5. The molecular weight excluding hydrogens is 288 g/mol. The quantitative estimate of drug-likeness (QED) is 0.580. The van der Waals surface area contributed by atoms with Crippen LogP contribution in [0.15, 0.2) is 77.9 Å². The summed E-state index contributed by atoms with van der Waals surface area (Å²) in [5.74, 6) is 0.358. The summed E-state index contributed by atoms with van der Waals surface area (Å²) in [5, 5.41) is 6.11. The lowest BCUT2D eigenvalue weighted by Crippen LogP contribution is -2.24. The topological polar surface area (TPSA) is 50.7 Å². The van der Waals surface area contributed by atoms with Gasteiger partial charge in [-0.15, -0.1) is 0 Å². The van der Waals surface area contributed by atoms with Crippen molar-refractivity contribution in [1.29, 1.82) is 0 Å². The molecule has 4 nitrogen and oxygen atoms in total. The number of amides is 1. The molecule has 114 valence electrons. The molecule has 0 radical (unpaired) electrons. The molecule has 0 aliphatic rings. The summed E-state index contributed by atoms with van der Waals surface area (Å²) < 4.78 is 5.49. The van der Waals surface area contributed by atoms with Crippen molar-refractivity contribution < 1.29 is 9.53 Å². The first kappa shape index (κ1) is 14.8. The summed E-state index contributed by atoms with van der Waals surface area (Å²) in [6.45, 7) is -0.0789. The average molecular weight is 304 g/mol. The zero-order chi connectivity index (χ0) is 15.9. The first-order chi connectivity index (χ1) is 11.3. The predicted molar refractivity (Wildman–Crippen MR) is 91.6 cm³/mol. The third-order valence-corrected chi connectivity index (χ3v) is 3.29. The van der Waals surface area contributed by atoms with Crippen molar-refractivity contribution in [2.75, 3.05) is 6.61 Å². The highest BCUT2D eigenvalue weighted by Gasteiger charge is 2.02. The zero-order valence-corrected chi connectivity index (χ0v) is 12.5. The maximum Gasteiger partial charge on any atom is 0.277 e. The number of nitrogens with zero attached hydrogens (tertiary/aromatic N) is 1. The second-order valence-corrected chi connectivity index (χ2v) is 5.00. The van der Waals surface area contributed by atoms with Gasteiger partial charge in [0.15, 0.2) is 6.61 Å². The van der Waals surface area contributed by atoms with Crippen molar-refractivity contribution in [2.24, 2.45) is 5.10 Å². The van der Waals surface area contributed by atoms with Gasteiger partial charge in [-0.2, -0.15) is 5.10 Å². The number of fused-ring (bicyclic) bond motifs is 1. The van der Waals surface area contributed by atoms with Gasteiger partial charge in [0.2, 0.25) is 0 Å². The lowest BCUT2D eigenvalue weighted by atomic mass is 10.1. The molecule has 0 fully saturated rings. The van der Waals surface area contributed by atoms with Crippen LogP contribution < -0.4 is 10.2 Å². The second-order valence-electron chi connectivity index (χ2n) is 5.00. The molecule has 3 aromatic carbocycles. The Morgan fingerprint density at radius 3 is 2.52 bits per heavy atom. The monoisotopic (exact) mass is 304 g/mol. The highest BCUT2D eigenvalue weighted by atomic mass is 16.5. The van der Waals surface area contributed by atoms with Gasteiger partial charge in [0, 0.05) is 0 Å². The fraction of sp³-hybridized carbons (Fsp3) is 0.0526. The minimum atomic E-state index is -0.301. The van der Waals surface area contributed by atoms with E-state index in [1.807, 2.05) is 72.8 Å². The Balaban J connectivity index is 1.52. The van der Waals surface area contributed by atoms with Crippen molar-refractivity contribution >= 4 is 22.9 Å². The summed E-state index contributed by atoms with van der Waals surface area (Å²) in [6.07, 6.45) is 1.59. The third kappa shape index (κ3) is 4.17. The molecule has 23 heavy (non-hydrogen) atoms. The van der Waals surface area contributed by atoms with Gasteiger partial charge < -0.3 is 4.74 Å². The van der Waals surface area contributed by atoms with Crippen LogP contribution >= 0.6 is 0 Å². The molecule has 0 aromatic heterocycles. The number of carbonyl (C=O) groups excluding carboxylic acids is 1. The summed E-state index contributed by atoms with van der Waals surface area (Å²) in [5.41, 5.74) is 3.36. The Kier molecular flexibility index (Phi) is 4.64. The molecule has 0 atom stereocenters. The van der Waals surface area contributed by atoms with E-state index in [1.165, 1.54) is 0 Å². The van der Waals surface area contributed by atoms with Gasteiger partial charge in [-0.05, 0) is 28.5 Å². The molecule has 0 bridgehead atoms. The first-order valence-corrected chi connectivity index (χ1v) is 7.30. The maximum atomic E-state index is 11.7. The van der Waals surface area contributed by atoms with E-state index in [4.69, 9.17) is 4.74 Å². The van der Waals surface area contributed by atoms with Crippen molar-refractivity contribution in [3.8, 4) is 5.75 Å². The molecule has 3 rings (SSSR count). The van der Waals surface area contributed by atoms with E-state index in [1.54, 1.807) is 6.21 Å². The van der Waals surface area contributed by atoms with Crippen LogP contribution in [-0.2, 0) is 4.79 Å². The number of carbonyl (C=O) groups is 1. The Bertz CT molecular complexity index is 829. The molecule has 1 N–H and O–H groups in total. The maximum absolute atomic E-state index is 11.7. The Hall–Kier alpha value is -3.14. The van der Waals surface area contributed by atoms with Crippen molar-refractivity contribution in [1.82, 2.24) is 5.43 Å². The standard InChI is InChI=1S/C19H16N2O2/c22-19(21-20-13-15-6-2-1-3-7-15)14-23-18-11-10-16-8-4-5-9-17(16)12-18/h1-13H,14H2,(H,21,22)/b20-13-. The normalized spacial score (nSPS) is 10.8. The molecule has 1 amide bonds. The van der Waals surface area contributed by atoms with Gasteiger partial charge in [0.05, 0.1) is 6.21 Å². The minimum absolute atomic E-state index is 0.0789. The van der Waals surface area contributed by atoms with Crippen LogP contribution in [0.25, 0.3) is 10.8 Å². The molecule has 4 heteroatoms. The largest absolute Gasteiger partial charge is 0.484 e. The van der Waals surface area contributed by atoms with Gasteiger partial charge in [0.1, 0.15) is 5.75 Å². The summed E-state index contributed by atoms with van der Waals surface area (Å²) in [6, 6.07) is 23.3. The van der Waals surface area contributed by atoms with Crippen LogP contribution in [0, 0.1) is 0 Å².